The number of amides is 1. The van der Waals surface area contributed by atoms with Crippen LogP contribution in [0.25, 0.3) is 0 Å². The molecular formula is C23H35NO6. The Morgan fingerprint density at radius 3 is 1.97 bits per heavy atom. The molecule has 7 nitrogen and oxygen atoms in total. The number of rotatable bonds is 11. The van der Waals surface area contributed by atoms with E-state index in [-0.39, 0.29) is 24.1 Å². The van der Waals surface area contributed by atoms with Crippen molar-refractivity contribution in [1.29, 1.82) is 0 Å². The maximum absolute atomic E-state index is 12.7. The van der Waals surface area contributed by atoms with E-state index >= 15 is 0 Å². The van der Waals surface area contributed by atoms with Gasteiger partial charge in [-0.3, -0.25) is 4.79 Å². The monoisotopic (exact) mass is 421 g/mol. The van der Waals surface area contributed by atoms with Gasteiger partial charge in [0.15, 0.2) is 18.1 Å². The summed E-state index contributed by atoms with van der Waals surface area (Å²) in [5.74, 6) is 0.553. The van der Waals surface area contributed by atoms with Crippen molar-refractivity contribution in [3.05, 3.63) is 17.7 Å². The number of esters is 1. The lowest BCUT2D eigenvalue weighted by Gasteiger charge is -2.33. The van der Waals surface area contributed by atoms with E-state index in [0.717, 1.165) is 25.7 Å². The molecule has 0 N–H and O–H groups in total. The largest absolute Gasteiger partial charge is 0.490 e. The molecule has 1 saturated carbocycles. The molecule has 0 aliphatic heterocycles. The molecule has 0 aromatic heterocycles. The van der Waals surface area contributed by atoms with Gasteiger partial charge in [0.05, 0.1) is 25.4 Å². The van der Waals surface area contributed by atoms with Gasteiger partial charge in [0.1, 0.15) is 0 Å². The Morgan fingerprint density at radius 2 is 1.47 bits per heavy atom. The standard InChI is InChI=1S/C23H35NO6/c1-5-24(18-12-10-9-11-13-18)21(25)16-30-23(26)17-14-19(27-6-2)22(29-8-4)20(15-17)28-7-3/h14-15,18H,5-13,16H2,1-4H3. The zero-order valence-electron chi connectivity index (χ0n) is 18.7. The van der Waals surface area contributed by atoms with Crippen LogP contribution in [0.5, 0.6) is 17.2 Å². The van der Waals surface area contributed by atoms with Gasteiger partial charge in [-0.15, -0.1) is 0 Å². The molecule has 7 heteroatoms. The maximum Gasteiger partial charge on any atom is 0.338 e. The molecule has 1 aromatic carbocycles. The number of likely N-dealkylation sites (N-methyl/N-ethyl adjacent to an activating group) is 1. The predicted molar refractivity (Wildman–Crippen MR) is 114 cm³/mol. The number of hydrogen-bond donors (Lipinski definition) is 0. The summed E-state index contributed by atoms with van der Waals surface area (Å²) >= 11 is 0. The molecule has 1 amide bonds. The Kier molecular flexibility index (Phi) is 9.77. The molecule has 0 unspecified atom stereocenters. The van der Waals surface area contributed by atoms with E-state index in [1.165, 1.54) is 6.42 Å². The van der Waals surface area contributed by atoms with Crippen molar-refractivity contribution in [1.82, 2.24) is 4.90 Å². The first-order valence-electron chi connectivity index (χ1n) is 11.1. The normalized spacial score (nSPS) is 14.1. The van der Waals surface area contributed by atoms with E-state index < -0.39 is 5.97 Å². The van der Waals surface area contributed by atoms with Crippen molar-refractivity contribution in [3.63, 3.8) is 0 Å². The van der Waals surface area contributed by atoms with E-state index in [0.29, 0.717) is 43.6 Å². The summed E-state index contributed by atoms with van der Waals surface area (Å²) in [6, 6.07) is 3.39. The smallest absolute Gasteiger partial charge is 0.338 e. The molecule has 1 aliphatic carbocycles. The number of nitrogens with zero attached hydrogens (tertiary/aromatic N) is 1. The Balaban J connectivity index is 2.11. The third kappa shape index (κ3) is 6.28. The molecule has 168 valence electrons. The van der Waals surface area contributed by atoms with Crippen molar-refractivity contribution in [2.45, 2.75) is 65.8 Å². The quantitative estimate of drug-likeness (QED) is 0.498. The average Bonchev–Trinajstić information content (AvgIpc) is 2.75. The fourth-order valence-electron chi connectivity index (χ4n) is 3.83. The minimum atomic E-state index is -0.590. The molecule has 1 aromatic rings. The van der Waals surface area contributed by atoms with Gasteiger partial charge in [-0.1, -0.05) is 19.3 Å². The molecule has 0 saturated heterocycles. The fraction of sp³-hybridized carbons (Fsp3) is 0.652. The first-order chi connectivity index (χ1) is 14.5. The van der Waals surface area contributed by atoms with Gasteiger partial charge in [0.2, 0.25) is 5.75 Å². The van der Waals surface area contributed by atoms with Crippen molar-refractivity contribution in [3.8, 4) is 17.2 Å². The number of carbonyl (C=O) groups excluding carboxylic acids is 2. The third-order valence-corrected chi connectivity index (χ3v) is 5.15. The van der Waals surface area contributed by atoms with Gasteiger partial charge < -0.3 is 23.8 Å². The van der Waals surface area contributed by atoms with E-state index in [1.54, 1.807) is 12.1 Å². The van der Waals surface area contributed by atoms with Crippen LogP contribution in [0, 0.1) is 0 Å². The maximum atomic E-state index is 12.7. The van der Waals surface area contributed by atoms with Gasteiger partial charge in [-0.2, -0.15) is 0 Å². The molecule has 0 atom stereocenters. The van der Waals surface area contributed by atoms with Crippen LogP contribution in [0.2, 0.25) is 0 Å². The molecule has 30 heavy (non-hydrogen) atoms. The summed E-state index contributed by atoms with van der Waals surface area (Å²) in [6.45, 7) is 9.14. The lowest BCUT2D eigenvalue weighted by molar-refractivity contribution is -0.137. The Morgan fingerprint density at radius 1 is 0.900 bits per heavy atom. The summed E-state index contributed by atoms with van der Waals surface area (Å²) in [6.07, 6.45) is 5.53. The molecule has 1 aliphatic rings. The number of ether oxygens (including phenoxy) is 4. The highest BCUT2D eigenvalue weighted by Crippen LogP contribution is 2.39. The van der Waals surface area contributed by atoms with E-state index in [1.807, 2.05) is 32.6 Å². The minimum Gasteiger partial charge on any atom is -0.490 e. The SMILES string of the molecule is CCOc1cc(C(=O)OCC(=O)N(CC)C2CCCCC2)cc(OCC)c1OCC. The Labute approximate surface area is 179 Å². The first-order valence-corrected chi connectivity index (χ1v) is 11.1. The average molecular weight is 422 g/mol. The topological polar surface area (TPSA) is 74.3 Å². The van der Waals surface area contributed by atoms with Gasteiger partial charge >= 0.3 is 5.97 Å². The lowest BCUT2D eigenvalue weighted by Crippen LogP contribution is -2.43. The van der Waals surface area contributed by atoms with Crippen LogP contribution in [-0.4, -0.2) is 55.8 Å². The van der Waals surface area contributed by atoms with Gasteiger partial charge in [0, 0.05) is 12.6 Å². The third-order valence-electron chi connectivity index (χ3n) is 5.15. The number of benzene rings is 1. The molecule has 0 bridgehead atoms. The minimum absolute atomic E-state index is 0.154. The number of carbonyl (C=O) groups is 2. The Hall–Kier alpha value is -2.44. The predicted octanol–water partition coefficient (Wildman–Crippen LogP) is 4.22. The second-order valence-corrected chi connectivity index (χ2v) is 7.15. The van der Waals surface area contributed by atoms with Crippen molar-refractivity contribution < 1.29 is 28.5 Å². The lowest BCUT2D eigenvalue weighted by atomic mass is 9.94. The molecule has 0 heterocycles. The van der Waals surface area contributed by atoms with Crippen molar-refractivity contribution >= 4 is 11.9 Å². The highest BCUT2D eigenvalue weighted by molar-refractivity contribution is 5.92. The zero-order valence-corrected chi connectivity index (χ0v) is 18.7. The molecule has 1 fully saturated rings. The molecular weight excluding hydrogens is 386 g/mol. The first kappa shape index (κ1) is 23.8. The molecule has 2 rings (SSSR count). The van der Waals surface area contributed by atoms with Crippen LogP contribution >= 0.6 is 0 Å². The van der Waals surface area contributed by atoms with Crippen LogP contribution in [0.15, 0.2) is 12.1 Å². The summed E-state index contributed by atoms with van der Waals surface area (Å²) in [4.78, 5) is 27.2. The van der Waals surface area contributed by atoms with E-state index in [9.17, 15) is 9.59 Å². The second kappa shape index (κ2) is 12.3. The summed E-state index contributed by atoms with van der Waals surface area (Å²) in [5.41, 5.74) is 0.263. The van der Waals surface area contributed by atoms with Gasteiger partial charge in [0.25, 0.3) is 5.91 Å². The summed E-state index contributed by atoms with van der Waals surface area (Å²) in [7, 11) is 0. The van der Waals surface area contributed by atoms with E-state index in [4.69, 9.17) is 18.9 Å². The molecule has 0 spiro atoms. The highest BCUT2D eigenvalue weighted by atomic mass is 16.5. The van der Waals surface area contributed by atoms with E-state index in [2.05, 4.69) is 0 Å². The van der Waals surface area contributed by atoms with Crippen LogP contribution in [-0.2, 0) is 9.53 Å². The summed E-state index contributed by atoms with van der Waals surface area (Å²) < 4.78 is 22.3. The second-order valence-electron chi connectivity index (χ2n) is 7.15. The number of hydrogen-bond acceptors (Lipinski definition) is 6. The van der Waals surface area contributed by atoms with Crippen molar-refractivity contribution in [2.24, 2.45) is 0 Å². The van der Waals surface area contributed by atoms with Crippen molar-refractivity contribution in [2.75, 3.05) is 33.0 Å². The zero-order chi connectivity index (χ0) is 21.9. The van der Waals surface area contributed by atoms with Gasteiger partial charge in [-0.25, -0.2) is 4.79 Å². The Bertz CT molecular complexity index is 672. The van der Waals surface area contributed by atoms with Crippen LogP contribution < -0.4 is 14.2 Å². The highest BCUT2D eigenvalue weighted by Gasteiger charge is 2.25. The fourth-order valence-corrected chi connectivity index (χ4v) is 3.83. The van der Waals surface area contributed by atoms with Crippen LogP contribution in [0.3, 0.4) is 0 Å². The molecule has 0 radical (unpaired) electrons. The van der Waals surface area contributed by atoms with Gasteiger partial charge in [-0.05, 0) is 52.7 Å². The van der Waals surface area contributed by atoms with Crippen LogP contribution in [0.4, 0.5) is 0 Å². The summed E-state index contributed by atoms with van der Waals surface area (Å²) in [5, 5.41) is 0. The van der Waals surface area contributed by atoms with Crippen LogP contribution in [0.1, 0.15) is 70.2 Å².